The lowest BCUT2D eigenvalue weighted by Crippen LogP contribution is -2.59. The van der Waals surface area contributed by atoms with E-state index in [0.29, 0.717) is 19.4 Å². The van der Waals surface area contributed by atoms with Gasteiger partial charge in [-0.2, -0.15) is 0 Å². The molecule has 2 rings (SSSR count). The van der Waals surface area contributed by atoms with Gasteiger partial charge < -0.3 is 20.6 Å². The molecule has 2 aliphatic rings. The average Bonchev–Trinajstić information content (AvgIpc) is 3.17. The van der Waals surface area contributed by atoms with Crippen LogP contribution in [0.25, 0.3) is 0 Å². The predicted molar refractivity (Wildman–Crippen MR) is 71.1 cm³/mol. The number of nitrogens with one attached hydrogen (secondary N) is 2. The number of aliphatic carboxylic acids is 1. The van der Waals surface area contributed by atoms with Crippen molar-refractivity contribution in [2.45, 2.75) is 44.2 Å². The number of carbonyl (C=O) groups excluding carboxylic acids is 2. The van der Waals surface area contributed by atoms with Gasteiger partial charge in [0.2, 0.25) is 5.91 Å². The first-order valence-electron chi connectivity index (χ1n) is 6.89. The van der Waals surface area contributed by atoms with Crippen LogP contribution in [0.15, 0.2) is 0 Å². The second-order valence-electron chi connectivity index (χ2n) is 5.89. The number of piperidine rings is 1. The van der Waals surface area contributed by atoms with Gasteiger partial charge >= 0.3 is 12.0 Å². The largest absolute Gasteiger partial charge is 0.480 e. The van der Waals surface area contributed by atoms with Crippen molar-refractivity contribution in [1.82, 2.24) is 15.5 Å². The van der Waals surface area contributed by atoms with Crippen molar-refractivity contribution in [3.8, 4) is 0 Å². The molecule has 0 aromatic heterocycles. The minimum absolute atomic E-state index is 0.00126. The van der Waals surface area contributed by atoms with E-state index in [1.54, 1.807) is 18.9 Å². The number of amides is 3. The van der Waals surface area contributed by atoms with Crippen molar-refractivity contribution >= 4 is 17.9 Å². The summed E-state index contributed by atoms with van der Waals surface area (Å²) >= 11 is 0. The van der Waals surface area contributed by atoms with Crippen molar-refractivity contribution in [2.75, 3.05) is 13.6 Å². The van der Waals surface area contributed by atoms with Crippen molar-refractivity contribution in [1.29, 1.82) is 0 Å². The second-order valence-corrected chi connectivity index (χ2v) is 5.89. The molecule has 0 radical (unpaired) electrons. The Morgan fingerprint density at radius 2 is 2.00 bits per heavy atom. The van der Waals surface area contributed by atoms with Crippen LogP contribution >= 0.6 is 0 Å². The molecule has 1 heterocycles. The fourth-order valence-corrected chi connectivity index (χ4v) is 2.58. The summed E-state index contributed by atoms with van der Waals surface area (Å²) in [6, 6.07) is -0.607. The van der Waals surface area contributed by atoms with E-state index in [2.05, 4.69) is 10.6 Å². The number of hydrogen-bond acceptors (Lipinski definition) is 3. The highest BCUT2D eigenvalue weighted by Crippen LogP contribution is 2.39. The minimum atomic E-state index is -1.21. The van der Waals surface area contributed by atoms with E-state index < -0.39 is 17.5 Å². The fraction of sp³-hybridized carbons (Fsp3) is 0.769. The number of carbonyl (C=O) groups is 3. The molecule has 7 nitrogen and oxygen atoms in total. The second kappa shape index (κ2) is 5.30. The highest BCUT2D eigenvalue weighted by atomic mass is 16.4. The van der Waals surface area contributed by atoms with Crippen LogP contribution in [0.1, 0.15) is 32.6 Å². The van der Waals surface area contributed by atoms with Crippen LogP contribution in [-0.4, -0.2) is 53.1 Å². The zero-order valence-electron chi connectivity index (χ0n) is 11.8. The van der Waals surface area contributed by atoms with E-state index in [1.807, 2.05) is 0 Å². The van der Waals surface area contributed by atoms with Gasteiger partial charge in [-0.25, -0.2) is 9.59 Å². The topological polar surface area (TPSA) is 98.7 Å². The Bertz CT molecular complexity index is 435. The number of urea groups is 1. The Labute approximate surface area is 117 Å². The number of carboxylic acid groups (broad SMARTS) is 1. The molecule has 3 amide bonds. The molecule has 2 fully saturated rings. The molecule has 2 unspecified atom stereocenters. The zero-order valence-corrected chi connectivity index (χ0v) is 11.8. The van der Waals surface area contributed by atoms with Crippen LogP contribution in [-0.2, 0) is 9.59 Å². The van der Waals surface area contributed by atoms with Crippen molar-refractivity contribution in [2.24, 2.45) is 5.92 Å². The standard InChI is InChI=1S/C13H21N3O4/c1-13(11(18)19,8-3-4-8)15-12(20)14-9-5-6-10(17)16(2)7-9/h8-9H,3-7H2,1-2H3,(H,18,19)(H2,14,15,20). The number of carboxylic acids is 1. The Hall–Kier alpha value is -1.79. The average molecular weight is 283 g/mol. The number of nitrogens with zero attached hydrogens (tertiary/aromatic N) is 1. The van der Waals surface area contributed by atoms with Crippen molar-refractivity contribution in [3.05, 3.63) is 0 Å². The lowest BCUT2D eigenvalue weighted by molar-refractivity contribution is -0.144. The normalized spacial score (nSPS) is 25.8. The van der Waals surface area contributed by atoms with Gasteiger partial charge in [-0.05, 0) is 32.1 Å². The van der Waals surface area contributed by atoms with Crippen LogP contribution in [0.2, 0.25) is 0 Å². The Morgan fingerprint density at radius 1 is 1.35 bits per heavy atom. The third-order valence-electron chi connectivity index (χ3n) is 4.17. The molecule has 0 aromatic rings. The van der Waals surface area contributed by atoms with Gasteiger partial charge in [0, 0.05) is 26.1 Å². The van der Waals surface area contributed by atoms with Crippen molar-refractivity contribution in [3.63, 3.8) is 0 Å². The predicted octanol–water partition coefficient (Wildman–Crippen LogP) is 0.160. The monoisotopic (exact) mass is 283 g/mol. The molecule has 0 bridgehead atoms. The lowest BCUT2D eigenvalue weighted by Gasteiger charge is -2.32. The van der Waals surface area contributed by atoms with E-state index in [4.69, 9.17) is 0 Å². The molecule has 1 saturated heterocycles. The molecule has 7 heteroatoms. The van der Waals surface area contributed by atoms with Crippen LogP contribution < -0.4 is 10.6 Å². The molecule has 1 saturated carbocycles. The van der Waals surface area contributed by atoms with Crippen LogP contribution in [0.4, 0.5) is 4.79 Å². The van der Waals surface area contributed by atoms with Crippen molar-refractivity contribution < 1.29 is 19.5 Å². The molecule has 20 heavy (non-hydrogen) atoms. The van der Waals surface area contributed by atoms with Gasteiger partial charge in [0.1, 0.15) is 5.54 Å². The van der Waals surface area contributed by atoms with E-state index >= 15 is 0 Å². The lowest BCUT2D eigenvalue weighted by atomic mass is 9.96. The maximum absolute atomic E-state index is 12.0. The SMILES string of the molecule is CN1CC(NC(=O)NC(C)(C(=O)O)C2CC2)CCC1=O. The van der Waals surface area contributed by atoms with Crippen LogP contribution in [0.5, 0.6) is 0 Å². The quantitative estimate of drug-likeness (QED) is 0.684. The van der Waals surface area contributed by atoms with Gasteiger partial charge in [-0.3, -0.25) is 4.79 Å². The van der Waals surface area contributed by atoms with E-state index in [1.165, 1.54) is 0 Å². The third-order valence-corrected chi connectivity index (χ3v) is 4.17. The van der Waals surface area contributed by atoms with Gasteiger partial charge in [0.05, 0.1) is 0 Å². The summed E-state index contributed by atoms with van der Waals surface area (Å²) in [6.07, 6.45) is 2.64. The first-order chi connectivity index (χ1) is 9.33. The van der Waals surface area contributed by atoms with E-state index in [9.17, 15) is 19.5 Å². The number of rotatable bonds is 4. The maximum Gasteiger partial charge on any atom is 0.329 e. The summed E-state index contributed by atoms with van der Waals surface area (Å²) in [5.74, 6) is -0.940. The first-order valence-corrected chi connectivity index (χ1v) is 6.89. The molecule has 0 aromatic carbocycles. The smallest absolute Gasteiger partial charge is 0.329 e. The highest BCUT2D eigenvalue weighted by Gasteiger charge is 2.48. The summed E-state index contributed by atoms with van der Waals surface area (Å²) < 4.78 is 0. The van der Waals surface area contributed by atoms with Crippen LogP contribution in [0, 0.1) is 5.92 Å². The molecular formula is C13H21N3O4. The number of hydrogen-bond donors (Lipinski definition) is 3. The van der Waals surface area contributed by atoms with Gasteiger partial charge in [-0.15, -0.1) is 0 Å². The Kier molecular flexibility index (Phi) is 3.87. The minimum Gasteiger partial charge on any atom is -0.480 e. The Morgan fingerprint density at radius 3 is 2.50 bits per heavy atom. The Balaban J connectivity index is 1.89. The molecular weight excluding hydrogens is 262 g/mol. The fourth-order valence-electron chi connectivity index (χ4n) is 2.58. The molecule has 1 aliphatic carbocycles. The molecule has 112 valence electrons. The first kappa shape index (κ1) is 14.6. The molecule has 3 N–H and O–H groups in total. The zero-order chi connectivity index (χ0) is 14.9. The molecule has 2 atom stereocenters. The summed E-state index contributed by atoms with van der Waals surface area (Å²) in [4.78, 5) is 36.2. The maximum atomic E-state index is 12.0. The highest BCUT2D eigenvalue weighted by molar-refractivity contribution is 5.87. The van der Waals surface area contributed by atoms with Crippen LogP contribution in [0.3, 0.4) is 0 Å². The number of likely N-dealkylation sites (N-methyl/N-ethyl adjacent to an activating group) is 1. The van der Waals surface area contributed by atoms with Gasteiger partial charge in [-0.1, -0.05) is 0 Å². The molecule has 0 spiro atoms. The summed E-state index contributed by atoms with van der Waals surface area (Å²) in [5, 5.41) is 14.6. The van der Waals surface area contributed by atoms with E-state index in [-0.39, 0.29) is 17.9 Å². The van der Waals surface area contributed by atoms with E-state index in [0.717, 1.165) is 12.8 Å². The summed E-state index contributed by atoms with van der Waals surface area (Å²) in [5.41, 5.74) is -1.21. The van der Waals surface area contributed by atoms with Gasteiger partial charge in [0.15, 0.2) is 0 Å². The van der Waals surface area contributed by atoms with Gasteiger partial charge in [0.25, 0.3) is 0 Å². The molecule has 1 aliphatic heterocycles. The summed E-state index contributed by atoms with van der Waals surface area (Å²) in [6.45, 7) is 2.00. The third kappa shape index (κ3) is 3.02. The summed E-state index contributed by atoms with van der Waals surface area (Å²) in [7, 11) is 1.69. The number of likely N-dealkylation sites (tertiary alicyclic amines) is 1.